The number of thioether (sulfide) groups is 1. The van der Waals surface area contributed by atoms with E-state index < -0.39 is 30.1 Å². The third-order valence-electron chi connectivity index (χ3n) is 3.34. The van der Waals surface area contributed by atoms with Crippen molar-refractivity contribution in [2.75, 3.05) is 11.9 Å². The minimum atomic E-state index is -2.53. The molecule has 2 rings (SSSR count). The Labute approximate surface area is 170 Å². The van der Waals surface area contributed by atoms with Gasteiger partial charge in [0, 0.05) is 17.5 Å². The standard InChI is InChI=1S/C20H18F2N2O4S/c1-13(25)23-17(11-14-5-3-2-4-6-14)19(27)28-12-18(26)24-15-7-9-16(10-8-15)29-20(21)22/h2-11,20H,12H2,1H3,(H,23,25)(H,24,26)/b17-11+. The molecule has 0 radical (unpaired) electrons. The largest absolute Gasteiger partial charge is 0.451 e. The van der Waals surface area contributed by atoms with E-state index in [2.05, 4.69) is 10.6 Å². The normalized spacial score (nSPS) is 11.1. The molecular weight excluding hydrogens is 402 g/mol. The maximum absolute atomic E-state index is 12.3. The SMILES string of the molecule is CC(=O)N/C(=C/c1ccccc1)C(=O)OCC(=O)Nc1ccc(SC(F)F)cc1. The summed E-state index contributed by atoms with van der Waals surface area (Å²) in [4.78, 5) is 35.9. The first-order valence-electron chi connectivity index (χ1n) is 8.39. The third-order valence-corrected chi connectivity index (χ3v) is 4.06. The Morgan fingerprint density at radius 1 is 1.07 bits per heavy atom. The first-order valence-corrected chi connectivity index (χ1v) is 9.27. The quantitative estimate of drug-likeness (QED) is 0.387. The van der Waals surface area contributed by atoms with Gasteiger partial charge in [-0.25, -0.2) is 4.79 Å². The van der Waals surface area contributed by atoms with Crippen LogP contribution in [0.15, 0.2) is 65.2 Å². The molecule has 2 N–H and O–H groups in total. The summed E-state index contributed by atoms with van der Waals surface area (Å²) in [5.41, 5.74) is 0.927. The van der Waals surface area contributed by atoms with Gasteiger partial charge in [0.05, 0.1) is 0 Å². The van der Waals surface area contributed by atoms with E-state index in [4.69, 9.17) is 4.74 Å². The zero-order chi connectivity index (χ0) is 21.2. The van der Waals surface area contributed by atoms with E-state index in [1.807, 2.05) is 0 Å². The summed E-state index contributed by atoms with van der Waals surface area (Å²) in [6, 6.07) is 14.6. The van der Waals surface area contributed by atoms with Crippen LogP contribution in [-0.2, 0) is 19.1 Å². The summed E-state index contributed by atoms with van der Waals surface area (Å²) in [5.74, 6) is -4.48. The lowest BCUT2D eigenvalue weighted by atomic mass is 10.2. The second kappa shape index (κ2) is 11.0. The Morgan fingerprint density at radius 3 is 2.31 bits per heavy atom. The van der Waals surface area contributed by atoms with Crippen molar-refractivity contribution in [3.63, 3.8) is 0 Å². The molecule has 0 fully saturated rings. The number of hydrogen-bond acceptors (Lipinski definition) is 5. The van der Waals surface area contributed by atoms with Crippen molar-refractivity contribution < 1.29 is 27.9 Å². The van der Waals surface area contributed by atoms with Crippen molar-refractivity contribution in [1.29, 1.82) is 0 Å². The molecule has 2 aromatic carbocycles. The molecule has 152 valence electrons. The average molecular weight is 420 g/mol. The molecule has 2 aromatic rings. The van der Waals surface area contributed by atoms with Crippen LogP contribution in [0.5, 0.6) is 0 Å². The van der Waals surface area contributed by atoms with Crippen molar-refractivity contribution in [3.05, 3.63) is 65.9 Å². The number of anilines is 1. The molecule has 0 aromatic heterocycles. The van der Waals surface area contributed by atoms with Crippen molar-refractivity contribution >= 4 is 41.3 Å². The van der Waals surface area contributed by atoms with E-state index in [1.54, 1.807) is 30.3 Å². The summed E-state index contributed by atoms with van der Waals surface area (Å²) in [6.45, 7) is 0.660. The molecule has 9 heteroatoms. The monoisotopic (exact) mass is 420 g/mol. The minimum Gasteiger partial charge on any atom is -0.451 e. The lowest BCUT2D eigenvalue weighted by Crippen LogP contribution is -2.28. The number of halogens is 2. The van der Waals surface area contributed by atoms with Gasteiger partial charge in [-0.15, -0.1) is 0 Å². The van der Waals surface area contributed by atoms with Crippen molar-refractivity contribution in [2.24, 2.45) is 0 Å². The maximum Gasteiger partial charge on any atom is 0.355 e. The van der Waals surface area contributed by atoms with E-state index in [0.29, 0.717) is 27.9 Å². The van der Waals surface area contributed by atoms with Crippen LogP contribution in [0.25, 0.3) is 6.08 Å². The summed E-state index contributed by atoms with van der Waals surface area (Å²) in [5, 5.41) is 4.86. The number of carbonyl (C=O) groups is 3. The van der Waals surface area contributed by atoms with Crippen LogP contribution >= 0.6 is 11.8 Å². The Hall–Kier alpha value is -3.20. The molecule has 0 saturated heterocycles. The molecule has 29 heavy (non-hydrogen) atoms. The predicted octanol–water partition coefficient (Wildman–Crippen LogP) is 3.66. The topological polar surface area (TPSA) is 84.5 Å². The summed E-state index contributed by atoms with van der Waals surface area (Å²) >= 11 is 0.393. The number of benzene rings is 2. The van der Waals surface area contributed by atoms with Crippen LogP contribution in [-0.4, -0.2) is 30.1 Å². The molecule has 0 saturated carbocycles. The molecule has 0 aliphatic rings. The molecule has 0 aliphatic heterocycles. The fourth-order valence-electron chi connectivity index (χ4n) is 2.18. The number of rotatable bonds is 8. The highest BCUT2D eigenvalue weighted by Gasteiger charge is 2.15. The van der Waals surface area contributed by atoms with Crippen LogP contribution in [0.1, 0.15) is 12.5 Å². The Balaban J connectivity index is 1.93. The molecule has 2 amide bonds. The number of hydrogen-bond donors (Lipinski definition) is 2. The molecule has 6 nitrogen and oxygen atoms in total. The van der Waals surface area contributed by atoms with E-state index in [0.717, 1.165) is 0 Å². The summed E-state index contributed by atoms with van der Waals surface area (Å²) in [7, 11) is 0. The van der Waals surface area contributed by atoms with Crippen LogP contribution in [0, 0.1) is 0 Å². The lowest BCUT2D eigenvalue weighted by molar-refractivity contribution is -0.144. The van der Waals surface area contributed by atoms with E-state index >= 15 is 0 Å². The van der Waals surface area contributed by atoms with Crippen LogP contribution in [0.4, 0.5) is 14.5 Å². The molecule has 0 atom stereocenters. The Kier molecular flexibility index (Phi) is 8.35. The number of alkyl halides is 2. The number of amides is 2. The minimum absolute atomic E-state index is 0.107. The fourth-order valence-corrected chi connectivity index (χ4v) is 2.68. The van der Waals surface area contributed by atoms with Gasteiger partial charge < -0.3 is 15.4 Å². The van der Waals surface area contributed by atoms with E-state index in [9.17, 15) is 23.2 Å². The molecule has 0 heterocycles. The van der Waals surface area contributed by atoms with Crippen molar-refractivity contribution in [2.45, 2.75) is 17.6 Å². The van der Waals surface area contributed by atoms with Gasteiger partial charge in [-0.1, -0.05) is 42.1 Å². The smallest absolute Gasteiger partial charge is 0.355 e. The molecular formula is C20H18F2N2O4S. The zero-order valence-electron chi connectivity index (χ0n) is 15.4. The van der Waals surface area contributed by atoms with Crippen molar-refractivity contribution in [3.8, 4) is 0 Å². The van der Waals surface area contributed by atoms with E-state index in [-0.39, 0.29) is 5.70 Å². The second-order valence-electron chi connectivity index (χ2n) is 5.68. The fraction of sp³-hybridized carbons (Fsp3) is 0.150. The summed E-state index contributed by atoms with van der Waals surface area (Å²) in [6.07, 6.45) is 1.43. The highest BCUT2D eigenvalue weighted by atomic mass is 32.2. The second-order valence-corrected chi connectivity index (χ2v) is 6.74. The zero-order valence-corrected chi connectivity index (χ0v) is 16.2. The van der Waals surface area contributed by atoms with Gasteiger partial charge in [-0.05, 0) is 35.9 Å². The van der Waals surface area contributed by atoms with Gasteiger partial charge in [0.1, 0.15) is 5.70 Å². The van der Waals surface area contributed by atoms with Crippen LogP contribution in [0.3, 0.4) is 0 Å². The van der Waals surface area contributed by atoms with Crippen molar-refractivity contribution in [1.82, 2.24) is 5.32 Å². The highest BCUT2D eigenvalue weighted by molar-refractivity contribution is 7.99. The Bertz CT molecular complexity index is 887. The van der Waals surface area contributed by atoms with Gasteiger partial charge in [-0.2, -0.15) is 8.78 Å². The lowest BCUT2D eigenvalue weighted by Gasteiger charge is -2.10. The Morgan fingerprint density at radius 2 is 1.72 bits per heavy atom. The molecule has 0 unspecified atom stereocenters. The highest BCUT2D eigenvalue weighted by Crippen LogP contribution is 2.26. The van der Waals surface area contributed by atoms with Gasteiger partial charge in [0.2, 0.25) is 5.91 Å². The van der Waals surface area contributed by atoms with Gasteiger partial charge in [0.25, 0.3) is 11.7 Å². The summed E-state index contributed by atoms with van der Waals surface area (Å²) < 4.78 is 29.6. The van der Waals surface area contributed by atoms with Gasteiger partial charge >= 0.3 is 5.97 Å². The van der Waals surface area contributed by atoms with E-state index in [1.165, 1.54) is 37.3 Å². The average Bonchev–Trinajstić information content (AvgIpc) is 2.67. The first kappa shape index (κ1) is 22.1. The van der Waals surface area contributed by atoms with Crippen LogP contribution < -0.4 is 10.6 Å². The number of nitrogens with one attached hydrogen (secondary N) is 2. The predicted molar refractivity (Wildman–Crippen MR) is 106 cm³/mol. The first-order chi connectivity index (χ1) is 13.8. The molecule has 0 spiro atoms. The number of esters is 1. The molecule has 0 bridgehead atoms. The van der Waals surface area contributed by atoms with Crippen LogP contribution in [0.2, 0.25) is 0 Å². The third kappa shape index (κ3) is 8.14. The van der Waals surface area contributed by atoms with Gasteiger partial charge in [0.15, 0.2) is 6.61 Å². The number of carbonyl (C=O) groups excluding carboxylic acids is 3. The number of ether oxygens (including phenoxy) is 1. The maximum atomic E-state index is 12.3. The van der Waals surface area contributed by atoms with Gasteiger partial charge in [-0.3, -0.25) is 9.59 Å². The molecule has 0 aliphatic carbocycles.